The van der Waals surface area contributed by atoms with Crippen molar-refractivity contribution in [1.29, 1.82) is 0 Å². The standard InChI is InChI=1S/C21H29N5O/c1-17-19(15-24(2)23-17)16-25-10-4-6-21(7-11-25)8-12-26(20(21)27)14-18-5-3-9-22-13-18/h3,5,9,13,15H,4,6-8,10-12,14,16H2,1-2H3/t21-/m0/s1. The molecule has 2 aliphatic rings. The van der Waals surface area contributed by atoms with Gasteiger partial charge < -0.3 is 4.90 Å². The van der Waals surface area contributed by atoms with Crippen molar-refractivity contribution < 1.29 is 4.79 Å². The van der Waals surface area contributed by atoms with Crippen LogP contribution in [0.4, 0.5) is 0 Å². The minimum Gasteiger partial charge on any atom is -0.338 e. The molecule has 2 saturated heterocycles. The van der Waals surface area contributed by atoms with Crippen molar-refractivity contribution in [2.75, 3.05) is 19.6 Å². The quantitative estimate of drug-likeness (QED) is 0.833. The highest BCUT2D eigenvalue weighted by Gasteiger charge is 2.46. The zero-order valence-corrected chi connectivity index (χ0v) is 16.4. The molecule has 1 atom stereocenters. The number of pyridine rings is 1. The summed E-state index contributed by atoms with van der Waals surface area (Å²) in [6.45, 7) is 6.62. The lowest BCUT2D eigenvalue weighted by atomic mass is 9.79. The summed E-state index contributed by atoms with van der Waals surface area (Å²) in [5.41, 5.74) is 3.37. The van der Waals surface area contributed by atoms with Gasteiger partial charge >= 0.3 is 0 Å². The van der Waals surface area contributed by atoms with Crippen LogP contribution in [0.5, 0.6) is 0 Å². The number of nitrogens with zero attached hydrogens (tertiary/aromatic N) is 5. The van der Waals surface area contributed by atoms with Crippen LogP contribution in [0.15, 0.2) is 30.7 Å². The first kappa shape index (κ1) is 18.2. The Bertz CT molecular complexity index is 802. The van der Waals surface area contributed by atoms with Crippen molar-refractivity contribution in [2.45, 2.75) is 45.7 Å². The van der Waals surface area contributed by atoms with Gasteiger partial charge in [-0.15, -0.1) is 0 Å². The molecule has 0 bridgehead atoms. The van der Waals surface area contributed by atoms with E-state index in [0.717, 1.165) is 63.1 Å². The van der Waals surface area contributed by atoms with Crippen LogP contribution >= 0.6 is 0 Å². The Balaban J connectivity index is 1.40. The smallest absolute Gasteiger partial charge is 0.229 e. The van der Waals surface area contributed by atoms with E-state index < -0.39 is 0 Å². The second-order valence-corrected chi connectivity index (χ2v) is 8.16. The summed E-state index contributed by atoms with van der Waals surface area (Å²) in [7, 11) is 1.97. The highest BCUT2D eigenvalue weighted by molar-refractivity contribution is 5.84. The summed E-state index contributed by atoms with van der Waals surface area (Å²) in [5.74, 6) is 0.353. The molecule has 0 radical (unpaired) electrons. The maximum Gasteiger partial charge on any atom is 0.229 e. The van der Waals surface area contributed by atoms with E-state index in [-0.39, 0.29) is 5.41 Å². The van der Waals surface area contributed by atoms with E-state index in [9.17, 15) is 4.79 Å². The molecule has 1 amide bonds. The number of aromatic nitrogens is 3. The molecule has 4 heterocycles. The Kier molecular flexibility index (Phi) is 5.00. The van der Waals surface area contributed by atoms with Gasteiger partial charge in [-0.05, 0) is 57.3 Å². The minimum absolute atomic E-state index is 0.152. The molecule has 1 spiro atoms. The van der Waals surface area contributed by atoms with Crippen molar-refractivity contribution >= 4 is 5.91 Å². The lowest BCUT2D eigenvalue weighted by Crippen LogP contribution is -2.35. The van der Waals surface area contributed by atoms with Crippen LogP contribution in [0, 0.1) is 12.3 Å². The van der Waals surface area contributed by atoms with E-state index in [1.165, 1.54) is 5.56 Å². The summed E-state index contributed by atoms with van der Waals surface area (Å²) in [6, 6.07) is 3.99. The molecule has 6 nitrogen and oxygen atoms in total. The van der Waals surface area contributed by atoms with Gasteiger partial charge in [-0.2, -0.15) is 5.10 Å². The third-order valence-electron chi connectivity index (χ3n) is 6.24. The largest absolute Gasteiger partial charge is 0.338 e. The summed E-state index contributed by atoms with van der Waals surface area (Å²) in [4.78, 5) is 21.9. The lowest BCUT2D eigenvalue weighted by molar-refractivity contribution is -0.137. The first-order valence-electron chi connectivity index (χ1n) is 9.95. The van der Waals surface area contributed by atoms with E-state index in [1.54, 1.807) is 6.20 Å². The summed E-state index contributed by atoms with van der Waals surface area (Å²) in [5, 5.41) is 4.46. The van der Waals surface area contributed by atoms with Gasteiger partial charge in [0.05, 0.1) is 11.1 Å². The predicted molar refractivity (Wildman–Crippen MR) is 104 cm³/mol. The van der Waals surface area contributed by atoms with Crippen molar-refractivity contribution in [3.63, 3.8) is 0 Å². The van der Waals surface area contributed by atoms with Crippen LogP contribution < -0.4 is 0 Å². The van der Waals surface area contributed by atoms with E-state index >= 15 is 0 Å². The summed E-state index contributed by atoms with van der Waals surface area (Å²) >= 11 is 0. The third-order valence-corrected chi connectivity index (χ3v) is 6.24. The Morgan fingerprint density at radius 2 is 2.00 bits per heavy atom. The Labute approximate surface area is 161 Å². The normalized spacial score (nSPS) is 23.9. The van der Waals surface area contributed by atoms with Gasteiger partial charge in [-0.25, -0.2) is 0 Å². The summed E-state index contributed by atoms with van der Waals surface area (Å²) in [6.07, 6.45) is 9.82. The number of rotatable bonds is 4. The number of likely N-dealkylation sites (tertiary alicyclic amines) is 2. The molecule has 0 saturated carbocycles. The van der Waals surface area contributed by atoms with Gasteiger partial charge in [0.1, 0.15) is 0 Å². The molecule has 4 rings (SSSR count). The number of hydrogen-bond acceptors (Lipinski definition) is 4. The SMILES string of the molecule is Cc1nn(C)cc1CN1CCC[C@]2(CC1)CCN(Cc1cccnc1)C2=O. The molecular weight excluding hydrogens is 338 g/mol. The van der Waals surface area contributed by atoms with Crippen LogP contribution in [-0.2, 0) is 24.9 Å². The number of carbonyl (C=O) groups excluding carboxylic acids is 1. The predicted octanol–water partition coefficient (Wildman–Crippen LogP) is 2.53. The van der Waals surface area contributed by atoms with E-state index in [0.29, 0.717) is 12.5 Å². The second kappa shape index (κ2) is 7.43. The van der Waals surface area contributed by atoms with E-state index in [2.05, 4.69) is 34.2 Å². The first-order chi connectivity index (χ1) is 13.1. The third kappa shape index (κ3) is 3.76. The fraction of sp³-hybridized carbons (Fsp3) is 0.571. The van der Waals surface area contributed by atoms with Crippen molar-refractivity contribution in [3.8, 4) is 0 Å². The topological polar surface area (TPSA) is 54.3 Å². The molecule has 0 unspecified atom stereocenters. The van der Waals surface area contributed by atoms with Crippen molar-refractivity contribution in [2.24, 2.45) is 12.5 Å². The molecule has 2 fully saturated rings. The highest BCUT2D eigenvalue weighted by atomic mass is 16.2. The number of carbonyl (C=O) groups is 1. The average molecular weight is 367 g/mol. The fourth-order valence-electron chi connectivity index (χ4n) is 4.67. The monoisotopic (exact) mass is 367 g/mol. The second-order valence-electron chi connectivity index (χ2n) is 8.16. The average Bonchev–Trinajstić information content (AvgIpc) is 3.04. The molecule has 2 aromatic heterocycles. The fourth-order valence-corrected chi connectivity index (χ4v) is 4.67. The molecule has 0 N–H and O–H groups in total. The number of aryl methyl sites for hydroxylation is 2. The van der Waals surface area contributed by atoms with Crippen LogP contribution in [-0.4, -0.2) is 50.1 Å². The van der Waals surface area contributed by atoms with Crippen molar-refractivity contribution in [3.05, 3.63) is 47.5 Å². The van der Waals surface area contributed by atoms with Gasteiger partial charge in [-0.3, -0.25) is 19.4 Å². The van der Waals surface area contributed by atoms with Crippen LogP contribution in [0.25, 0.3) is 0 Å². The molecule has 0 aliphatic carbocycles. The van der Waals surface area contributed by atoms with E-state index in [1.807, 2.05) is 28.9 Å². The van der Waals surface area contributed by atoms with Gasteiger partial charge in [0.15, 0.2) is 0 Å². The maximum absolute atomic E-state index is 13.2. The van der Waals surface area contributed by atoms with Crippen LogP contribution in [0.3, 0.4) is 0 Å². The van der Waals surface area contributed by atoms with E-state index in [4.69, 9.17) is 0 Å². The Morgan fingerprint density at radius 3 is 2.74 bits per heavy atom. The van der Waals surface area contributed by atoms with Crippen LogP contribution in [0.1, 0.15) is 42.5 Å². The van der Waals surface area contributed by atoms with Gasteiger partial charge in [0, 0.05) is 50.8 Å². The number of hydrogen-bond donors (Lipinski definition) is 0. The molecule has 0 aromatic carbocycles. The molecule has 6 heteroatoms. The van der Waals surface area contributed by atoms with Crippen LogP contribution in [0.2, 0.25) is 0 Å². The maximum atomic E-state index is 13.2. The Morgan fingerprint density at radius 1 is 1.15 bits per heavy atom. The molecule has 27 heavy (non-hydrogen) atoms. The highest BCUT2D eigenvalue weighted by Crippen LogP contribution is 2.42. The minimum atomic E-state index is -0.152. The molecule has 2 aromatic rings. The molecular formula is C21H29N5O. The lowest BCUT2D eigenvalue weighted by Gasteiger charge is -2.27. The molecule has 2 aliphatic heterocycles. The van der Waals surface area contributed by atoms with Gasteiger partial charge in [0.2, 0.25) is 5.91 Å². The van der Waals surface area contributed by atoms with Crippen molar-refractivity contribution in [1.82, 2.24) is 24.6 Å². The zero-order chi connectivity index (χ0) is 18.9. The number of amides is 1. The Hall–Kier alpha value is -2.21. The summed E-state index contributed by atoms with van der Waals surface area (Å²) < 4.78 is 1.89. The molecule has 144 valence electrons. The zero-order valence-electron chi connectivity index (χ0n) is 16.4. The first-order valence-corrected chi connectivity index (χ1v) is 9.95. The van der Waals surface area contributed by atoms with Gasteiger partial charge in [0.25, 0.3) is 0 Å². The van der Waals surface area contributed by atoms with Gasteiger partial charge in [-0.1, -0.05) is 6.07 Å².